The summed E-state index contributed by atoms with van der Waals surface area (Å²) in [5.41, 5.74) is 3.40. The molecule has 0 amide bonds. The Morgan fingerprint density at radius 3 is 2.96 bits per heavy atom. The summed E-state index contributed by atoms with van der Waals surface area (Å²) in [5.74, 6) is 2.69. The molecule has 26 heavy (non-hydrogen) atoms. The Labute approximate surface area is 149 Å². The van der Waals surface area contributed by atoms with Crippen molar-refractivity contribution >= 4 is 33.6 Å². The van der Waals surface area contributed by atoms with E-state index < -0.39 is 0 Å². The van der Waals surface area contributed by atoms with Crippen LogP contribution < -0.4 is 0 Å². The Kier molecular flexibility index (Phi) is 3.76. The summed E-state index contributed by atoms with van der Waals surface area (Å²) in [6, 6.07) is 14.3. The Balaban J connectivity index is 1.86. The molecular formula is C21H13FN4. The van der Waals surface area contributed by atoms with E-state index in [1.807, 2.05) is 35.0 Å². The molecule has 4 aromatic rings. The van der Waals surface area contributed by atoms with Gasteiger partial charge in [-0.25, -0.2) is 9.37 Å². The third-order valence-corrected chi connectivity index (χ3v) is 4.20. The number of H-pyrrole nitrogens is 1. The summed E-state index contributed by atoms with van der Waals surface area (Å²) in [6.07, 6.45) is 9.14. The van der Waals surface area contributed by atoms with E-state index in [0.29, 0.717) is 29.0 Å². The quantitative estimate of drug-likeness (QED) is 0.445. The standard InChI is InChI=1S/C21H13FN4/c1-2-9-26-13-15(17-5-3-4-6-20(17)26)10-14(12-23)21-24-18-8-7-16(22)11-19(18)25-21/h1,3-8,10-11,13H,9H2,(H,24,25)/b14-10-. The summed E-state index contributed by atoms with van der Waals surface area (Å²) in [7, 11) is 0. The van der Waals surface area contributed by atoms with Crippen LogP contribution in [0.5, 0.6) is 0 Å². The molecule has 0 spiro atoms. The summed E-state index contributed by atoms with van der Waals surface area (Å²) in [6.45, 7) is 0.445. The number of aromatic amines is 1. The maximum absolute atomic E-state index is 13.4. The van der Waals surface area contributed by atoms with Crippen molar-refractivity contribution in [3.63, 3.8) is 0 Å². The van der Waals surface area contributed by atoms with E-state index in [4.69, 9.17) is 6.42 Å². The maximum atomic E-state index is 13.4. The van der Waals surface area contributed by atoms with Crippen LogP contribution in [0.2, 0.25) is 0 Å². The predicted molar refractivity (Wildman–Crippen MR) is 100 cm³/mol. The van der Waals surface area contributed by atoms with Crippen molar-refractivity contribution in [3.05, 3.63) is 65.9 Å². The highest BCUT2D eigenvalue weighted by Gasteiger charge is 2.11. The molecule has 0 unspecified atom stereocenters. The molecule has 5 heteroatoms. The number of benzene rings is 2. The Morgan fingerprint density at radius 2 is 2.15 bits per heavy atom. The lowest BCUT2D eigenvalue weighted by atomic mass is 10.1. The maximum Gasteiger partial charge on any atom is 0.149 e. The summed E-state index contributed by atoms with van der Waals surface area (Å²) in [4.78, 5) is 7.40. The number of fused-ring (bicyclic) bond motifs is 2. The number of para-hydroxylation sites is 1. The fraction of sp³-hybridized carbons (Fsp3) is 0.0476. The minimum Gasteiger partial charge on any atom is -0.337 e. The van der Waals surface area contributed by atoms with Crippen LogP contribution in [-0.2, 0) is 6.54 Å². The molecule has 0 atom stereocenters. The summed E-state index contributed by atoms with van der Waals surface area (Å²) < 4.78 is 15.3. The smallest absolute Gasteiger partial charge is 0.149 e. The van der Waals surface area contributed by atoms with Gasteiger partial charge in [0, 0.05) is 22.7 Å². The van der Waals surface area contributed by atoms with Gasteiger partial charge in [0.05, 0.1) is 23.2 Å². The first kappa shape index (κ1) is 15.7. The van der Waals surface area contributed by atoms with Gasteiger partial charge in [-0.1, -0.05) is 24.1 Å². The minimum atomic E-state index is -0.354. The largest absolute Gasteiger partial charge is 0.337 e. The van der Waals surface area contributed by atoms with Crippen LogP contribution >= 0.6 is 0 Å². The molecule has 1 N–H and O–H groups in total. The molecule has 0 aliphatic rings. The van der Waals surface area contributed by atoms with Crippen LogP contribution in [-0.4, -0.2) is 14.5 Å². The van der Waals surface area contributed by atoms with Gasteiger partial charge in [-0.3, -0.25) is 0 Å². The Bertz CT molecular complexity index is 1240. The van der Waals surface area contributed by atoms with Crippen LogP contribution in [0.25, 0.3) is 33.6 Å². The molecule has 124 valence electrons. The molecule has 2 aromatic heterocycles. The Morgan fingerprint density at radius 1 is 1.31 bits per heavy atom. The van der Waals surface area contributed by atoms with Gasteiger partial charge in [0.1, 0.15) is 17.7 Å². The SMILES string of the molecule is C#CCn1cc(/C=C(/C#N)c2nc3ccc(F)cc3[nH]2)c2ccccc21. The van der Waals surface area contributed by atoms with E-state index in [-0.39, 0.29) is 5.82 Å². The van der Waals surface area contributed by atoms with E-state index in [2.05, 4.69) is 22.0 Å². The van der Waals surface area contributed by atoms with Gasteiger partial charge in [-0.05, 0) is 30.3 Å². The fourth-order valence-corrected chi connectivity index (χ4v) is 3.04. The number of terminal acetylenes is 1. The number of hydrogen-bond donors (Lipinski definition) is 1. The molecule has 4 rings (SSSR count). The molecule has 0 saturated heterocycles. The van der Waals surface area contributed by atoms with Crippen molar-refractivity contribution < 1.29 is 4.39 Å². The number of imidazole rings is 1. The molecule has 2 aromatic carbocycles. The second-order valence-electron chi connectivity index (χ2n) is 5.85. The normalized spacial score (nSPS) is 11.6. The van der Waals surface area contributed by atoms with Crippen LogP contribution in [0.4, 0.5) is 4.39 Å². The van der Waals surface area contributed by atoms with Gasteiger partial charge in [-0.15, -0.1) is 6.42 Å². The average Bonchev–Trinajstić information content (AvgIpc) is 3.21. The summed E-state index contributed by atoms with van der Waals surface area (Å²) >= 11 is 0. The average molecular weight is 340 g/mol. The van der Waals surface area contributed by atoms with Crippen LogP contribution in [0.15, 0.2) is 48.7 Å². The highest BCUT2D eigenvalue weighted by atomic mass is 19.1. The third kappa shape index (κ3) is 2.62. The second-order valence-corrected chi connectivity index (χ2v) is 5.85. The Hall–Kier alpha value is -3.83. The number of aromatic nitrogens is 3. The highest BCUT2D eigenvalue weighted by molar-refractivity contribution is 5.98. The number of nitrogens with one attached hydrogen (secondary N) is 1. The van der Waals surface area contributed by atoms with Crippen LogP contribution in [0, 0.1) is 29.5 Å². The first-order valence-corrected chi connectivity index (χ1v) is 7.98. The zero-order valence-electron chi connectivity index (χ0n) is 13.7. The van der Waals surface area contributed by atoms with Crippen molar-refractivity contribution in [1.82, 2.24) is 14.5 Å². The van der Waals surface area contributed by atoms with Gasteiger partial charge in [-0.2, -0.15) is 5.26 Å². The van der Waals surface area contributed by atoms with Gasteiger partial charge < -0.3 is 9.55 Å². The number of allylic oxidation sites excluding steroid dienone is 1. The molecule has 0 bridgehead atoms. The number of rotatable bonds is 3. The van der Waals surface area contributed by atoms with E-state index in [1.54, 1.807) is 12.1 Å². The lowest BCUT2D eigenvalue weighted by Crippen LogP contribution is -1.91. The first-order chi connectivity index (χ1) is 12.7. The zero-order valence-corrected chi connectivity index (χ0v) is 13.7. The van der Waals surface area contributed by atoms with E-state index >= 15 is 0 Å². The number of nitriles is 1. The molecule has 4 nitrogen and oxygen atoms in total. The number of halogens is 1. The van der Waals surface area contributed by atoms with Gasteiger partial charge in [0.2, 0.25) is 0 Å². The first-order valence-electron chi connectivity index (χ1n) is 7.98. The monoisotopic (exact) mass is 340 g/mol. The third-order valence-electron chi connectivity index (χ3n) is 4.20. The summed E-state index contributed by atoms with van der Waals surface area (Å²) in [5, 5.41) is 10.6. The van der Waals surface area contributed by atoms with Crippen molar-refractivity contribution in [3.8, 4) is 18.4 Å². The lowest BCUT2D eigenvalue weighted by Gasteiger charge is -1.97. The molecule has 0 aliphatic heterocycles. The molecule has 0 saturated carbocycles. The van der Waals surface area contributed by atoms with Crippen molar-refractivity contribution in [2.45, 2.75) is 6.54 Å². The zero-order chi connectivity index (χ0) is 18.1. The molecular weight excluding hydrogens is 327 g/mol. The minimum absolute atomic E-state index is 0.354. The van der Waals surface area contributed by atoms with Crippen molar-refractivity contribution in [1.29, 1.82) is 5.26 Å². The van der Waals surface area contributed by atoms with Crippen molar-refractivity contribution in [2.75, 3.05) is 0 Å². The molecule has 0 aliphatic carbocycles. The fourth-order valence-electron chi connectivity index (χ4n) is 3.04. The van der Waals surface area contributed by atoms with Gasteiger partial charge >= 0.3 is 0 Å². The number of nitrogens with zero attached hydrogens (tertiary/aromatic N) is 3. The molecule has 0 fully saturated rings. The van der Waals surface area contributed by atoms with Crippen LogP contribution in [0.1, 0.15) is 11.4 Å². The van der Waals surface area contributed by atoms with E-state index in [9.17, 15) is 9.65 Å². The van der Waals surface area contributed by atoms with Crippen LogP contribution in [0.3, 0.4) is 0 Å². The molecule has 2 heterocycles. The molecule has 0 radical (unpaired) electrons. The van der Waals surface area contributed by atoms with E-state index in [0.717, 1.165) is 16.5 Å². The second kappa shape index (κ2) is 6.23. The predicted octanol–water partition coefficient (Wildman–Crippen LogP) is 4.35. The number of hydrogen-bond acceptors (Lipinski definition) is 2. The topological polar surface area (TPSA) is 57.4 Å². The van der Waals surface area contributed by atoms with Gasteiger partial charge in [0.15, 0.2) is 0 Å². The lowest BCUT2D eigenvalue weighted by molar-refractivity contribution is 0.629. The highest BCUT2D eigenvalue weighted by Crippen LogP contribution is 2.26. The van der Waals surface area contributed by atoms with Gasteiger partial charge in [0.25, 0.3) is 0 Å². The van der Waals surface area contributed by atoms with E-state index in [1.165, 1.54) is 12.1 Å². The van der Waals surface area contributed by atoms with Crippen molar-refractivity contribution in [2.24, 2.45) is 0 Å².